The van der Waals surface area contributed by atoms with Crippen molar-refractivity contribution in [1.29, 1.82) is 0 Å². The number of aliphatic hydroxyl groups is 1. The number of carboxylic acid groups (broad SMARTS) is 1. The van der Waals surface area contributed by atoms with E-state index in [9.17, 15) is 19.8 Å². The molecule has 28 heavy (non-hydrogen) atoms. The van der Waals surface area contributed by atoms with Crippen LogP contribution in [0.25, 0.3) is 0 Å². The number of benzene rings is 1. The molecule has 1 aromatic carbocycles. The maximum atomic E-state index is 12.3. The van der Waals surface area contributed by atoms with Gasteiger partial charge in [-0.15, -0.1) is 0 Å². The van der Waals surface area contributed by atoms with Gasteiger partial charge in [0.2, 0.25) is 0 Å². The van der Waals surface area contributed by atoms with Crippen molar-refractivity contribution in [2.75, 3.05) is 0 Å². The number of esters is 1. The van der Waals surface area contributed by atoms with Gasteiger partial charge in [0.05, 0.1) is 0 Å². The van der Waals surface area contributed by atoms with Crippen LogP contribution in [0, 0.1) is 0 Å². The lowest BCUT2D eigenvalue weighted by Gasteiger charge is -2.35. The van der Waals surface area contributed by atoms with Crippen LogP contribution in [0.1, 0.15) is 63.9 Å². The van der Waals surface area contributed by atoms with E-state index in [-0.39, 0.29) is 19.3 Å². The molecule has 0 radical (unpaired) electrons. The van der Waals surface area contributed by atoms with E-state index in [0.717, 1.165) is 19.3 Å². The Morgan fingerprint density at radius 3 is 2.50 bits per heavy atom. The molecule has 0 unspecified atom stereocenters. The quantitative estimate of drug-likeness (QED) is 0.322. The van der Waals surface area contributed by atoms with Gasteiger partial charge in [0, 0.05) is 6.42 Å². The van der Waals surface area contributed by atoms with Crippen LogP contribution in [0.5, 0.6) is 0 Å². The molecule has 0 spiro atoms. The molecule has 0 heterocycles. The molecule has 3 atom stereocenters. The number of carboxylic acids is 1. The number of aliphatic carboxylic acids is 1. The number of nitrogens with two attached hydrogens (primary N) is 1. The lowest BCUT2D eigenvalue weighted by Crippen LogP contribution is -2.60. The monoisotopic (exact) mass is 389 g/mol. The summed E-state index contributed by atoms with van der Waals surface area (Å²) in [5.41, 5.74) is 3.13. The predicted octanol–water partition coefficient (Wildman–Crippen LogP) is 3.28. The Balaban J connectivity index is 2.05. The molecule has 1 aromatic rings. The van der Waals surface area contributed by atoms with Crippen molar-refractivity contribution in [1.82, 2.24) is 0 Å². The number of carbonyl (C=O) groups excluding carboxylic acids is 1. The second-order valence-corrected chi connectivity index (χ2v) is 7.51. The van der Waals surface area contributed by atoms with Crippen LogP contribution in [0.2, 0.25) is 0 Å². The Bertz CT molecular complexity index is 689. The zero-order valence-electron chi connectivity index (χ0n) is 16.5. The van der Waals surface area contributed by atoms with Crippen LogP contribution in [0.15, 0.2) is 42.5 Å². The zero-order chi connectivity index (χ0) is 20.6. The maximum Gasteiger partial charge on any atom is 0.327 e. The van der Waals surface area contributed by atoms with Crippen molar-refractivity contribution in [2.24, 2.45) is 5.73 Å². The highest BCUT2D eigenvalue weighted by molar-refractivity contribution is 5.81. The summed E-state index contributed by atoms with van der Waals surface area (Å²) in [4.78, 5) is 24.1. The summed E-state index contributed by atoms with van der Waals surface area (Å²) in [5, 5.41) is 20.8. The van der Waals surface area contributed by atoms with Crippen LogP contribution >= 0.6 is 0 Å². The molecule has 1 saturated carbocycles. The molecule has 0 amide bonds. The lowest BCUT2D eigenvalue weighted by atomic mass is 9.85. The van der Waals surface area contributed by atoms with E-state index in [2.05, 4.69) is 6.92 Å². The van der Waals surface area contributed by atoms with Crippen molar-refractivity contribution >= 4 is 11.9 Å². The van der Waals surface area contributed by atoms with E-state index < -0.39 is 29.2 Å². The van der Waals surface area contributed by atoms with Crippen molar-refractivity contribution in [3.63, 3.8) is 0 Å². The third-order valence-corrected chi connectivity index (χ3v) is 5.40. The highest BCUT2D eigenvalue weighted by Crippen LogP contribution is 2.45. The first-order valence-corrected chi connectivity index (χ1v) is 9.99. The molecule has 0 saturated heterocycles. The average molecular weight is 389 g/mol. The standard InChI is InChI=1S/C22H31NO5/c1-2-3-4-5-6-7-11-14-18(24)28-19-21(23,20(25)26)15-16-22(19,27)17-12-9-8-10-13-17/h6-10,12-13,19,27H,2-5,11,14-16,23H2,1H3,(H,25,26)/b7-6-/t19-,21+,22+/m1/s1. The second-order valence-electron chi connectivity index (χ2n) is 7.51. The summed E-state index contributed by atoms with van der Waals surface area (Å²) in [6.45, 7) is 2.15. The second kappa shape index (κ2) is 9.85. The van der Waals surface area contributed by atoms with Crippen LogP contribution in [-0.4, -0.2) is 33.8 Å². The summed E-state index contributed by atoms with van der Waals surface area (Å²) in [6.07, 6.45) is 7.82. The molecule has 1 aliphatic carbocycles. The van der Waals surface area contributed by atoms with E-state index in [1.165, 1.54) is 6.42 Å². The van der Waals surface area contributed by atoms with Gasteiger partial charge in [-0.25, -0.2) is 0 Å². The normalized spacial score (nSPS) is 27.2. The van der Waals surface area contributed by atoms with Gasteiger partial charge < -0.3 is 20.7 Å². The average Bonchev–Trinajstić information content (AvgIpc) is 2.95. The minimum Gasteiger partial charge on any atom is -0.480 e. The Morgan fingerprint density at radius 1 is 1.18 bits per heavy atom. The minimum absolute atomic E-state index is 0.0169. The highest BCUT2D eigenvalue weighted by Gasteiger charge is 2.61. The lowest BCUT2D eigenvalue weighted by molar-refractivity contribution is -0.174. The van der Waals surface area contributed by atoms with E-state index in [1.807, 2.05) is 12.2 Å². The molecular weight excluding hydrogens is 358 g/mol. The molecule has 154 valence electrons. The molecule has 2 rings (SSSR count). The third kappa shape index (κ3) is 5.00. The summed E-state index contributed by atoms with van der Waals surface area (Å²) >= 11 is 0. The smallest absolute Gasteiger partial charge is 0.327 e. The summed E-state index contributed by atoms with van der Waals surface area (Å²) in [7, 11) is 0. The Morgan fingerprint density at radius 2 is 1.86 bits per heavy atom. The fourth-order valence-corrected chi connectivity index (χ4v) is 3.67. The first-order chi connectivity index (χ1) is 13.3. The Hall–Kier alpha value is -2.18. The summed E-state index contributed by atoms with van der Waals surface area (Å²) < 4.78 is 5.47. The van der Waals surface area contributed by atoms with Crippen molar-refractivity contribution in [3.05, 3.63) is 48.0 Å². The van der Waals surface area contributed by atoms with Crippen LogP contribution in [0.3, 0.4) is 0 Å². The van der Waals surface area contributed by atoms with Crippen LogP contribution < -0.4 is 5.73 Å². The van der Waals surface area contributed by atoms with Gasteiger partial charge in [-0.3, -0.25) is 9.59 Å². The predicted molar refractivity (Wildman–Crippen MR) is 107 cm³/mol. The van der Waals surface area contributed by atoms with Gasteiger partial charge in [0.15, 0.2) is 11.6 Å². The molecule has 4 N–H and O–H groups in total. The van der Waals surface area contributed by atoms with Gasteiger partial charge in [-0.05, 0) is 37.7 Å². The van der Waals surface area contributed by atoms with Gasteiger partial charge >= 0.3 is 11.9 Å². The van der Waals surface area contributed by atoms with E-state index in [4.69, 9.17) is 10.5 Å². The summed E-state index contributed by atoms with van der Waals surface area (Å²) in [6, 6.07) is 8.66. The van der Waals surface area contributed by atoms with E-state index >= 15 is 0 Å². The SMILES string of the molecule is CCCCC/C=C\CCC(=O)O[C@@H]1[C@](N)(C(=O)O)CC[C@]1(O)c1ccccc1. The molecule has 0 bridgehead atoms. The highest BCUT2D eigenvalue weighted by atomic mass is 16.6. The van der Waals surface area contributed by atoms with Crippen LogP contribution in [0.4, 0.5) is 0 Å². The molecular formula is C22H31NO5. The van der Waals surface area contributed by atoms with Gasteiger partial charge in [0.25, 0.3) is 0 Å². The Labute approximate surface area is 166 Å². The first kappa shape index (κ1) is 22.1. The number of rotatable bonds is 10. The number of allylic oxidation sites excluding steroid dienone is 2. The van der Waals surface area contributed by atoms with Gasteiger partial charge in [0.1, 0.15) is 5.60 Å². The first-order valence-electron chi connectivity index (χ1n) is 9.99. The fourth-order valence-electron chi connectivity index (χ4n) is 3.67. The number of hydrogen-bond acceptors (Lipinski definition) is 5. The van der Waals surface area contributed by atoms with Crippen molar-refractivity contribution in [3.8, 4) is 0 Å². The Kier molecular flexibility index (Phi) is 7.78. The van der Waals surface area contributed by atoms with Crippen molar-refractivity contribution in [2.45, 2.75) is 75.5 Å². The molecule has 0 aromatic heterocycles. The van der Waals surface area contributed by atoms with Gasteiger partial charge in [-0.1, -0.05) is 62.2 Å². The molecule has 6 heteroatoms. The number of carbonyl (C=O) groups is 2. The molecule has 1 aliphatic rings. The minimum atomic E-state index is -1.82. The third-order valence-electron chi connectivity index (χ3n) is 5.40. The number of ether oxygens (including phenoxy) is 1. The molecule has 0 aliphatic heterocycles. The zero-order valence-corrected chi connectivity index (χ0v) is 16.5. The number of unbranched alkanes of at least 4 members (excludes halogenated alkanes) is 3. The van der Waals surface area contributed by atoms with Crippen LogP contribution in [-0.2, 0) is 19.9 Å². The largest absolute Gasteiger partial charge is 0.480 e. The van der Waals surface area contributed by atoms with E-state index in [0.29, 0.717) is 12.0 Å². The maximum absolute atomic E-state index is 12.3. The summed E-state index contributed by atoms with van der Waals surface area (Å²) in [5.74, 6) is -1.84. The van der Waals surface area contributed by atoms with Crippen molar-refractivity contribution < 1.29 is 24.5 Å². The molecule has 6 nitrogen and oxygen atoms in total. The van der Waals surface area contributed by atoms with Gasteiger partial charge in [-0.2, -0.15) is 0 Å². The van der Waals surface area contributed by atoms with E-state index in [1.54, 1.807) is 30.3 Å². The fraction of sp³-hybridized carbons (Fsp3) is 0.545. The number of hydrogen-bond donors (Lipinski definition) is 3. The topological polar surface area (TPSA) is 110 Å². The molecule has 1 fully saturated rings.